The van der Waals surface area contributed by atoms with Crippen LogP contribution in [0.15, 0.2) is 4.79 Å². The Labute approximate surface area is 136 Å². The van der Waals surface area contributed by atoms with Crippen LogP contribution in [0.5, 0.6) is 0 Å². The summed E-state index contributed by atoms with van der Waals surface area (Å²) >= 11 is 5.34. The number of aliphatic hydroxyl groups is 3. The number of imidazole rings is 1. The molecule has 3 rings (SSSR count). The van der Waals surface area contributed by atoms with Crippen molar-refractivity contribution < 1.29 is 20.1 Å². The molecule has 4 atom stereocenters. The summed E-state index contributed by atoms with van der Waals surface area (Å²) in [5.74, 6) is 0.474. The predicted octanol–water partition coefficient (Wildman–Crippen LogP) is -1.28. The van der Waals surface area contributed by atoms with Gasteiger partial charge in [0.2, 0.25) is 0 Å². The second kappa shape index (κ2) is 5.49. The average Bonchev–Trinajstić information content (AvgIpc) is 3.01. The van der Waals surface area contributed by atoms with Crippen molar-refractivity contribution in [2.75, 3.05) is 6.61 Å². The number of ether oxygens (including phenoxy) is 1. The zero-order valence-electron chi connectivity index (χ0n) is 12.9. The number of nitrogens with zero attached hydrogens (tertiary/aromatic N) is 4. The van der Waals surface area contributed by atoms with Crippen LogP contribution < -0.4 is 5.69 Å². The van der Waals surface area contributed by atoms with Crippen LogP contribution in [0.25, 0.3) is 11.2 Å². The fourth-order valence-corrected chi connectivity index (χ4v) is 3.20. The fourth-order valence-electron chi connectivity index (χ4n) is 2.93. The molecule has 3 N–H and O–H groups in total. The number of rotatable bonds is 2. The van der Waals surface area contributed by atoms with Crippen molar-refractivity contribution in [3.05, 3.63) is 20.9 Å². The molecule has 0 spiro atoms. The summed E-state index contributed by atoms with van der Waals surface area (Å²) in [4.78, 5) is 16.5. The van der Waals surface area contributed by atoms with Gasteiger partial charge in [-0.25, -0.2) is 9.78 Å². The second-order valence-corrected chi connectivity index (χ2v) is 6.02. The molecule has 126 valence electrons. The molecule has 9 nitrogen and oxygen atoms in total. The Morgan fingerprint density at radius 2 is 1.91 bits per heavy atom. The Morgan fingerprint density at radius 3 is 2.48 bits per heavy atom. The first kappa shape index (κ1) is 16.3. The molecule has 0 saturated carbocycles. The van der Waals surface area contributed by atoms with Gasteiger partial charge in [-0.15, -0.1) is 0 Å². The quantitative estimate of drug-likeness (QED) is 0.583. The Kier molecular flexibility index (Phi) is 3.89. The number of aliphatic hydroxyl groups excluding tert-OH is 3. The summed E-state index contributed by atoms with van der Waals surface area (Å²) in [6, 6.07) is 0. The number of hydrogen-bond acceptors (Lipinski definition) is 7. The molecule has 1 aliphatic rings. The highest BCUT2D eigenvalue weighted by Gasteiger charge is 2.44. The lowest BCUT2D eigenvalue weighted by atomic mass is 10.1. The average molecular weight is 342 g/mol. The van der Waals surface area contributed by atoms with Crippen LogP contribution in [0.3, 0.4) is 0 Å². The lowest BCUT2D eigenvalue weighted by Crippen LogP contribution is -2.33. The van der Waals surface area contributed by atoms with Crippen LogP contribution in [0.2, 0.25) is 0 Å². The van der Waals surface area contributed by atoms with Crippen molar-refractivity contribution in [3.8, 4) is 0 Å². The molecule has 0 unspecified atom stereocenters. The Hall–Kier alpha value is -1.59. The maximum Gasteiger partial charge on any atom is 0.330 e. The summed E-state index contributed by atoms with van der Waals surface area (Å²) in [6.07, 6.45) is -4.33. The van der Waals surface area contributed by atoms with Gasteiger partial charge in [0.1, 0.15) is 34.3 Å². The van der Waals surface area contributed by atoms with Gasteiger partial charge in [0.25, 0.3) is 0 Å². The first-order chi connectivity index (χ1) is 10.8. The first-order valence-electron chi connectivity index (χ1n) is 7.06. The third kappa shape index (κ3) is 2.17. The smallest absolute Gasteiger partial charge is 0.330 e. The molecule has 0 bridgehead atoms. The molecule has 0 aliphatic carbocycles. The van der Waals surface area contributed by atoms with Gasteiger partial charge in [-0.2, -0.15) is 0 Å². The molecule has 3 heterocycles. The maximum atomic E-state index is 12.1. The normalized spacial score (nSPS) is 27.9. The van der Waals surface area contributed by atoms with Gasteiger partial charge >= 0.3 is 5.69 Å². The number of fused-ring (bicyclic) bond motifs is 1. The second-order valence-electron chi connectivity index (χ2n) is 5.64. The van der Waals surface area contributed by atoms with E-state index in [4.69, 9.17) is 17.0 Å². The molecule has 2 aromatic heterocycles. The van der Waals surface area contributed by atoms with E-state index >= 15 is 0 Å². The van der Waals surface area contributed by atoms with E-state index in [0.29, 0.717) is 17.0 Å². The van der Waals surface area contributed by atoms with E-state index < -0.39 is 31.1 Å². The maximum absolute atomic E-state index is 12.1. The molecule has 0 amide bonds. The zero-order valence-corrected chi connectivity index (χ0v) is 13.7. The van der Waals surface area contributed by atoms with Gasteiger partial charge < -0.3 is 20.1 Å². The molecule has 10 heteroatoms. The largest absolute Gasteiger partial charge is 0.394 e. The highest BCUT2D eigenvalue weighted by Crippen LogP contribution is 2.33. The monoisotopic (exact) mass is 342 g/mol. The fraction of sp³-hybridized carbons (Fsp3) is 0.615. The van der Waals surface area contributed by atoms with E-state index in [1.54, 1.807) is 25.6 Å². The molecule has 2 aromatic rings. The van der Waals surface area contributed by atoms with Gasteiger partial charge in [-0.05, 0) is 6.92 Å². The van der Waals surface area contributed by atoms with Crippen LogP contribution in [0.1, 0.15) is 12.1 Å². The Bertz CT molecular complexity index is 885. The third-order valence-electron chi connectivity index (χ3n) is 4.24. The minimum atomic E-state index is -1.25. The SMILES string of the molecule is Cc1nc2c(c(=S)n(C)c(=O)n2C)n1[C@@H]1O[C@H](CO)[C@@H](O)[C@H]1O. The van der Waals surface area contributed by atoms with E-state index in [9.17, 15) is 20.1 Å². The van der Waals surface area contributed by atoms with Crippen molar-refractivity contribution in [2.45, 2.75) is 31.5 Å². The number of aryl methyl sites for hydroxylation is 2. The highest BCUT2D eigenvalue weighted by molar-refractivity contribution is 7.71. The van der Waals surface area contributed by atoms with Crippen molar-refractivity contribution in [1.29, 1.82) is 0 Å². The van der Waals surface area contributed by atoms with Gasteiger partial charge in [-0.3, -0.25) is 13.7 Å². The zero-order chi connectivity index (χ0) is 17.0. The molecular formula is C13H18N4O5S. The summed E-state index contributed by atoms with van der Waals surface area (Å²) in [7, 11) is 3.13. The standard InChI is InChI=1S/C13H18N4O5S/c1-5-14-10-7(12(23)16(3)13(21)15(10)2)17(5)11-9(20)8(19)6(4-18)22-11/h6,8-9,11,18-20H,4H2,1-3H3/t6-,8-,9-,11-/m1/s1. The van der Waals surface area contributed by atoms with Gasteiger partial charge in [0, 0.05) is 14.1 Å². The van der Waals surface area contributed by atoms with E-state index in [-0.39, 0.29) is 10.3 Å². The minimum absolute atomic E-state index is 0.251. The third-order valence-corrected chi connectivity index (χ3v) is 4.71. The van der Waals surface area contributed by atoms with Crippen LogP contribution in [-0.2, 0) is 18.8 Å². The molecule has 1 aliphatic heterocycles. The van der Waals surface area contributed by atoms with E-state index in [2.05, 4.69) is 4.98 Å². The molecule has 0 radical (unpaired) electrons. The predicted molar refractivity (Wildman–Crippen MR) is 82.5 cm³/mol. The van der Waals surface area contributed by atoms with Crippen LogP contribution in [0, 0.1) is 11.6 Å². The summed E-state index contributed by atoms with van der Waals surface area (Å²) in [5.41, 5.74) is 0.513. The lowest BCUT2D eigenvalue weighted by Gasteiger charge is -2.19. The summed E-state index contributed by atoms with van der Waals surface area (Å²) in [6.45, 7) is 1.27. The van der Waals surface area contributed by atoms with Crippen molar-refractivity contribution >= 4 is 23.4 Å². The van der Waals surface area contributed by atoms with Gasteiger partial charge in [-0.1, -0.05) is 12.2 Å². The van der Waals surface area contributed by atoms with Crippen molar-refractivity contribution in [2.24, 2.45) is 14.1 Å². The number of hydrogen-bond donors (Lipinski definition) is 3. The molecule has 0 aromatic carbocycles. The molecule has 1 saturated heterocycles. The highest BCUT2D eigenvalue weighted by atomic mass is 32.1. The van der Waals surface area contributed by atoms with Crippen LogP contribution in [-0.4, -0.2) is 58.9 Å². The van der Waals surface area contributed by atoms with Crippen molar-refractivity contribution in [1.82, 2.24) is 18.7 Å². The molecule has 1 fully saturated rings. The molecule has 23 heavy (non-hydrogen) atoms. The van der Waals surface area contributed by atoms with Crippen LogP contribution in [0.4, 0.5) is 0 Å². The first-order valence-corrected chi connectivity index (χ1v) is 7.47. The topological polar surface area (TPSA) is 115 Å². The van der Waals surface area contributed by atoms with E-state index in [1.165, 1.54) is 9.13 Å². The number of aromatic nitrogens is 4. The van der Waals surface area contributed by atoms with Gasteiger partial charge in [0.05, 0.1) is 6.61 Å². The van der Waals surface area contributed by atoms with Crippen LogP contribution >= 0.6 is 12.2 Å². The lowest BCUT2D eigenvalue weighted by molar-refractivity contribution is -0.0517. The summed E-state index contributed by atoms with van der Waals surface area (Å²) < 4.78 is 10.0. The van der Waals surface area contributed by atoms with E-state index in [1.807, 2.05) is 0 Å². The minimum Gasteiger partial charge on any atom is -0.394 e. The van der Waals surface area contributed by atoms with E-state index in [0.717, 1.165) is 0 Å². The summed E-state index contributed by atoms with van der Waals surface area (Å²) in [5, 5.41) is 29.5. The molecular weight excluding hydrogens is 324 g/mol. The van der Waals surface area contributed by atoms with Crippen molar-refractivity contribution in [3.63, 3.8) is 0 Å². The Morgan fingerprint density at radius 1 is 1.26 bits per heavy atom. The van der Waals surface area contributed by atoms with Gasteiger partial charge in [0.15, 0.2) is 11.9 Å². The Balaban J connectivity index is 2.30.